The minimum Gasteiger partial charge on any atom is -0.496 e. The Morgan fingerprint density at radius 3 is 2.22 bits per heavy atom. The Kier molecular flexibility index (Phi) is 7.25. The normalized spacial score (nSPS) is 10.8. The van der Waals surface area contributed by atoms with Crippen LogP contribution in [-0.4, -0.2) is 57.6 Å². The number of anilines is 1. The van der Waals surface area contributed by atoms with Crippen LogP contribution < -0.4 is 9.64 Å². The molecule has 2 aromatic rings. The largest absolute Gasteiger partial charge is 0.496 e. The van der Waals surface area contributed by atoms with Crippen LogP contribution in [0.3, 0.4) is 0 Å². The Morgan fingerprint density at radius 1 is 0.963 bits per heavy atom. The predicted octanol–water partition coefficient (Wildman–Crippen LogP) is 3.16. The molecule has 0 radical (unpaired) electrons. The van der Waals surface area contributed by atoms with E-state index in [0.717, 1.165) is 22.6 Å². The molecule has 2 aromatic carbocycles. The number of ether oxygens (including phenoxy) is 1. The number of hydrogen-bond acceptors (Lipinski definition) is 4. The van der Waals surface area contributed by atoms with E-state index in [9.17, 15) is 4.79 Å². The lowest BCUT2D eigenvalue weighted by atomic mass is 10.1. The number of methoxy groups -OCH3 is 1. The van der Waals surface area contributed by atoms with Gasteiger partial charge in [-0.2, -0.15) is 0 Å². The van der Waals surface area contributed by atoms with Gasteiger partial charge in [-0.25, -0.2) is 0 Å². The highest BCUT2D eigenvalue weighted by atomic mass is 16.5. The molecule has 27 heavy (non-hydrogen) atoms. The first kappa shape index (κ1) is 20.8. The molecule has 0 bridgehead atoms. The molecule has 0 heterocycles. The summed E-state index contributed by atoms with van der Waals surface area (Å²) in [6.45, 7) is 3.70. The third kappa shape index (κ3) is 6.00. The second-order valence-electron chi connectivity index (χ2n) is 7.30. The molecule has 5 heteroatoms. The van der Waals surface area contributed by atoms with Crippen molar-refractivity contribution in [2.45, 2.75) is 20.0 Å². The van der Waals surface area contributed by atoms with E-state index in [0.29, 0.717) is 19.6 Å². The number of aryl methyl sites for hydroxylation is 1. The van der Waals surface area contributed by atoms with E-state index in [4.69, 9.17) is 4.74 Å². The lowest BCUT2D eigenvalue weighted by Gasteiger charge is -2.23. The Balaban J connectivity index is 1.92. The van der Waals surface area contributed by atoms with Gasteiger partial charge in [0, 0.05) is 45.5 Å². The molecular formula is C22H31N3O2. The number of rotatable bonds is 8. The maximum Gasteiger partial charge on any atom is 0.236 e. The minimum absolute atomic E-state index is 0.0980. The third-order valence-electron chi connectivity index (χ3n) is 4.58. The molecule has 0 unspecified atom stereocenters. The van der Waals surface area contributed by atoms with Gasteiger partial charge in [-0.05, 0) is 37.7 Å². The fraction of sp³-hybridized carbons (Fsp3) is 0.409. The molecule has 0 atom stereocenters. The van der Waals surface area contributed by atoms with E-state index < -0.39 is 0 Å². The molecular weight excluding hydrogens is 338 g/mol. The molecule has 2 rings (SSSR count). The molecule has 5 nitrogen and oxygen atoms in total. The van der Waals surface area contributed by atoms with Crippen LogP contribution in [-0.2, 0) is 17.9 Å². The molecule has 0 spiro atoms. The Labute approximate surface area is 163 Å². The van der Waals surface area contributed by atoms with E-state index in [1.54, 1.807) is 12.0 Å². The van der Waals surface area contributed by atoms with E-state index >= 15 is 0 Å². The highest BCUT2D eigenvalue weighted by Gasteiger charge is 2.14. The molecule has 0 aromatic heterocycles. The monoisotopic (exact) mass is 369 g/mol. The van der Waals surface area contributed by atoms with Gasteiger partial charge in [-0.15, -0.1) is 0 Å². The van der Waals surface area contributed by atoms with Gasteiger partial charge >= 0.3 is 0 Å². The highest BCUT2D eigenvalue weighted by molar-refractivity contribution is 5.78. The Hall–Kier alpha value is -2.53. The van der Waals surface area contributed by atoms with Crippen molar-refractivity contribution < 1.29 is 9.53 Å². The lowest BCUT2D eigenvalue weighted by molar-refractivity contribution is -0.131. The molecule has 0 saturated heterocycles. The second-order valence-corrected chi connectivity index (χ2v) is 7.30. The molecule has 0 aliphatic carbocycles. The molecule has 0 saturated carbocycles. The van der Waals surface area contributed by atoms with Gasteiger partial charge in [-0.3, -0.25) is 9.69 Å². The molecule has 146 valence electrons. The summed E-state index contributed by atoms with van der Waals surface area (Å²) in [7, 11) is 9.52. The number of nitrogens with zero attached hydrogens (tertiary/aromatic N) is 3. The number of likely N-dealkylation sites (N-methyl/N-ethyl adjacent to an activating group) is 2. The average Bonchev–Trinajstić information content (AvgIpc) is 2.62. The van der Waals surface area contributed by atoms with Crippen LogP contribution in [0.15, 0.2) is 42.5 Å². The fourth-order valence-electron chi connectivity index (χ4n) is 2.99. The Bertz CT molecular complexity index is 757. The van der Waals surface area contributed by atoms with E-state index in [1.165, 1.54) is 5.56 Å². The van der Waals surface area contributed by atoms with Gasteiger partial charge in [0.25, 0.3) is 0 Å². The zero-order valence-corrected chi connectivity index (χ0v) is 17.3. The maximum atomic E-state index is 12.6. The maximum absolute atomic E-state index is 12.6. The van der Waals surface area contributed by atoms with Crippen molar-refractivity contribution in [2.24, 2.45) is 0 Å². The summed E-state index contributed by atoms with van der Waals surface area (Å²) in [6.07, 6.45) is 0. The SMILES string of the molecule is COc1ccc(C)cc1CN(C)CC(=O)N(C)Cc1ccc(N(C)C)cc1. The standard InChI is InChI=1S/C22H31N3O2/c1-17-7-12-21(27-6)19(13-17)15-24(4)16-22(26)25(5)14-18-8-10-20(11-9-18)23(2)3/h7-13H,14-16H2,1-6H3. The topological polar surface area (TPSA) is 36.0 Å². The highest BCUT2D eigenvalue weighted by Crippen LogP contribution is 2.21. The average molecular weight is 370 g/mol. The van der Waals surface area contributed by atoms with Crippen LogP contribution >= 0.6 is 0 Å². The number of hydrogen-bond donors (Lipinski definition) is 0. The summed E-state index contributed by atoms with van der Waals surface area (Å²) in [6, 6.07) is 14.4. The van der Waals surface area contributed by atoms with Crippen LogP contribution in [0, 0.1) is 6.92 Å². The smallest absolute Gasteiger partial charge is 0.236 e. The summed E-state index contributed by atoms with van der Waals surface area (Å²) in [5.41, 5.74) is 4.55. The summed E-state index contributed by atoms with van der Waals surface area (Å²) < 4.78 is 5.43. The van der Waals surface area contributed by atoms with Crippen molar-refractivity contribution in [3.05, 3.63) is 59.2 Å². The Morgan fingerprint density at radius 2 is 1.63 bits per heavy atom. The quantitative estimate of drug-likeness (QED) is 0.716. The van der Waals surface area contributed by atoms with Gasteiger partial charge in [0.1, 0.15) is 5.75 Å². The molecule has 1 amide bonds. The second kappa shape index (κ2) is 9.42. The first-order valence-electron chi connectivity index (χ1n) is 9.12. The van der Waals surface area contributed by atoms with Crippen LogP contribution in [0.5, 0.6) is 5.75 Å². The van der Waals surface area contributed by atoms with Crippen LogP contribution in [0.4, 0.5) is 5.69 Å². The lowest BCUT2D eigenvalue weighted by Crippen LogP contribution is -2.36. The van der Waals surface area contributed by atoms with Crippen molar-refractivity contribution in [2.75, 3.05) is 46.7 Å². The first-order valence-corrected chi connectivity index (χ1v) is 9.12. The van der Waals surface area contributed by atoms with Gasteiger partial charge in [0.15, 0.2) is 0 Å². The van der Waals surface area contributed by atoms with Crippen LogP contribution in [0.1, 0.15) is 16.7 Å². The van der Waals surface area contributed by atoms with Crippen LogP contribution in [0.2, 0.25) is 0 Å². The van der Waals surface area contributed by atoms with Gasteiger partial charge in [0.2, 0.25) is 5.91 Å². The van der Waals surface area contributed by atoms with Gasteiger partial charge < -0.3 is 14.5 Å². The van der Waals surface area contributed by atoms with Gasteiger partial charge in [0.05, 0.1) is 13.7 Å². The number of carbonyl (C=O) groups excluding carboxylic acids is 1. The van der Waals surface area contributed by atoms with Crippen molar-refractivity contribution >= 4 is 11.6 Å². The number of benzene rings is 2. The molecule has 0 aliphatic heterocycles. The molecule has 0 aliphatic rings. The first-order chi connectivity index (χ1) is 12.8. The molecule has 0 N–H and O–H groups in total. The predicted molar refractivity (Wildman–Crippen MR) is 111 cm³/mol. The molecule has 0 fully saturated rings. The van der Waals surface area contributed by atoms with E-state index in [1.807, 2.05) is 45.2 Å². The summed E-state index contributed by atoms with van der Waals surface area (Å²) in [5, 5.41) is 0. The fourth-order valence-corrected chi connectivity index (χ4v) is 2.99. The van der Waals surface area contributed by atoms with Crippen LogP contribution in [0.25, 0.3) is 0 Å². The number of carbonyl (C=O) groups is 1. The van der Waals surface area contributed by atoms with Crippen molar-refractivity contribution in [3.63, 3.8) is 0 Å². The van der Waals surface area contributed by atoms with Crippen molar-refractivity contribution in [1.82, 2.24) is 9.80 Å². The van der Waals surface area contributed by atoms with E-state index in [2.05, 4.69) is 42.2 Å². The minimum atomic E-state index is 0.0980. The van der Waals surface area contributed by atoms with Crippen molar-refractivity contribution in [3.8, 4) is 5.75 Å². The summed E-state index contributed by atoms with van der Waals surface area (Å²) in [4.78, 5) is 18.4. The van der Waals surface area contributed by atoms with Gasteiger partial charge in [-0.1, -0.05) is 29.8 Å². The zero-order chi connectivity index (χ0) is 20.0. The summed E-state index contributed by atoms with van der Waals surface area (Å²) in [5.74, 6) is 0.954. The zero-order valence-electron chi connectivity index (χ0n) is 17.3. The third-order valence-corrected chi connectivity index (χ3v) is 4.58. The van der Waals surface area contributed by atoms with E-state index in [-0.39, 0.29) is 5.91 Å². The summed E-state index contributed by atoms with van der Waals surface area (Å²) >= 11 is 0. The number of amides is 1. The van der Waals surface area contributed by atoms with Crippen molar-refractivity contribution in [1.29, 1.82) is 0 Å².